The predicted molar refractivity (Wildman–Crippen MR) is 161 cm³/mol. The topological polar surface area (TPSA) is 97.7 Å². The summed E-state index contributed by atoms with van der Waals surface area (Å²) in [5, 5.41) is 2.58. The Bertz CT molecular complexity index is 1440. The molecule has 0 saturated carbocycles. The number of rotatable bonds is 9. The maximum Gasteiger partial charge on any atom is 0.338 e. The molecule has 0 radical (unpaired) electrons. The second-order valence-electron chi connectivity index (χ2n) is 10.1. The number of amidine groups is 1. The fourth-order valence-corrected chi connectivity index (χ4v) is 6.52. The molecule has 220 valence electrons. The molecular weight excluding hydrogens is 554 g/mol. The summed E-state index contributed by atoms with van der Waals surface area (Å²) in [6.07, 6.45) is 1.53. The zero-order valence-corrected chi connectivity index (χ0v) is 24.9. The number of carbonyl (C=O) groups excluding carboxylic acids is 3. The van der Waals surface area contributed by atoms with Crippen molar-refractivity contribution in [2.75, 3.05) is 33.4 Å². The van der Waals surface area contributed by atoms with Crippen LogP contribution in [0, 0.1) is 5.92 Å². The van der Waals surface area contributed by atoms with Crippen LogP contribution < -0.4 is 4.74 Å². The first kappa shape index (κ1) is 29.4. The van der Waals surface area contributed by atoms with Gasteiger partial charge in [-0.15, -0.1) is 0 Å². The monoisotopic (exact) mass is 589 g/mol. The number of likely N-dealkylation sites (tertiary alicyclic amines) is 1. The lowest BCUT2D eigenvalue weighted by atomic mass is 9.90. The van der Waals surface area contributed by atoms with Crippen LogP contribution in [0.2, 0.25) is 0 Å². The van der Waals surface area contributed by atoms with Gasteiger partial charge in [-0.05, 0) is 38.2 Å². The lowest BCUT2D eigenvalue weighted by Gasteiger charge is -2.38. The Morgan fingerprint density at radius 3 is 2.48 bits per heavy atom. The molecule has 5 rings (SSSR count). The summed E-state index contributed by atoms with van der Waals surface area (Å²) in [5.41, 5.74) is 3.16. The number of hydrogen-bond donors (Lipinski definition) is 0. The number of thioether (sulfide) groups is 1. The normalized spacial score (nSPS) is 20.0. The molecule has 2 aromatic carbocycles. The summed E-state index contributed by atoms with van der Waals surface area (Å²) in [5.74, 6) is -0.550. The Morgan fingerprint density at radius 2 is 1.74 bits per heavy atom. The number of nitrogens with zero attached hydrogens (tertiary/aromatic N) is 3. The number of ether oxygens (including phenoxy) is 3. The van der Waals surface area contributed by atoms with E-state index in [1.54, 1.807) is 25.9 Å². The molecule has 0 spiro atoms. The van der Waals surface area contributed by atoms with Crippen LogP contribution in [0.25, 0.3) is 5.70 Å². The van der Waals surface area contributed by atoms with Gasteiger partial charge >= 0.3 is 11.9 Å². The highest BCUT2D eigenvalue weighted by molar-refractivity contribution is 8.16. The van der Waals surface area contributed by atoms with Gasteiger partial charge in [0.15, 0.2) is 5.17 Å². The second kappa shape index (κ2) is 13.3. The van der Waals surface area contributed by atoms with Gasteiger partial charge in [0.25, 0.3) is 0 Å². The molecule has 0 bridgehead atoms. The van der Waals surface area contributed by atoms with Crippen molar-refractivity contribution in [3.8, 4) is 5.75 Å². The van der Waals surface area contributed by atoms with E-state index in [4.69, 9.17) is 19.2 Å². The van der Waals surface area contributed by atoms with Crippen LogP contribution in [-0.2, 0) is 23.9 Å². The lowest BCUT2D eigenvalue weighted by Crippen LogP contribution is -2.44. The van der Waals surface area contributed by atoms with Gasteiger partial charge in [0.05, 0.1) is 50.0 Å². The highest BCUT2D eigenvalue weighted by Gasteiger charge is 2.44. The largest absolute Gasteiger partial charge is 0.496 e. The zero-order chi connectivity index (χ0) is 29.6. The summed E-state index contributed by atoms with van der Waals surface area (Å²) in [6.45, 7) is 4.99. The van der Waals surface area contributed by atoms with E-state index in [1.807, 2.05) is 64.9 Å². The average Bonchev–Trinajstić information content (AvgIpc) is 3.42. The van der Waals surface area contributed by atoms with Crippen molar-refractivity contribution in [2.45, 2.75) is 39.2 Å². The number of hydrogen-bond acceptors (Lipinski definition) is 9. The third kappa shape index (κ3) is 5.94. The van der Waals surface area contributed by atoms with E-state index in [9.17, 15) is 14.4 Å². The van der Waals surface area contributed by atoms with Crippen LogP contribution in [0.4, 0.5) is 0 Å². The molecule has 2 aromatic rings. The molecule has 3 heterocycles. The molecule has 0 aromatic heterocycles. The van der Waals surface area contributed by atoms with Gasteiger partial charge in [-0.2, -0.15) is 0 Å². The highest BCUT2D eigenvalue weighted by Crippen LogP contribution is 2.49. The Labute approximate surface area is 250 Å². The van der Waals surface area contributed by atoms with Gasteiger partial charge in [-0.1, -0.05) is 60.3 Å². The van der Waals surface area contributed by atoms with E-state index < -0.39 is 12.0 Å². The molecule has 0 unspecified atom stereocenters. The van der Waals surface area contributed by atoms with Crippen molar-refractivity contribution in [1.29, 1.82) is 0 Å². The first-order valence-corrected chi connectivity index (χ1v) is 15.1. The first-order chi connectivity index (χ1) is 20.5. The number of benzene rings is 2. The van der Waals surface area contributed by atoms with Crippen molar-refractivity contribution >= 4 is 40.5 Å². The van der Waals surface area contributed by atoms with Crippen molar-refractivity contribution in [2.24, 2.45) is 10.9 Å². The fraction of sp³-hybridized carbons (Fsp3) is 0.375. The number of carbonyl (C=O) groups is 3. The van der Waals surface area contributed by atoms with Gasteiger partial charge in [0.2, 0.25) is 5.91 Å². The minimum Gasteiger partial charge on any atom is -0.496 e. The third-order valence-corrected chi connectivity index (χ3v) is 8.40. The van der Waals surface area contributed by atoms with E-state index in [0.29, 0.717) is 54.0 Å². The number of esters is 2. The van der Waals surface area contributed by atoms with E-state index in [0.717, 1.165) is 17.5 Å². The summed E-state index contributed by atoms with van der Waals surface area (Å²) in [6, 6.07) is 16.5. The van der Waals surface area contributed by atoms with Gasteiger partial charge < -0.3 is 24.0 Å². The van der Waals surface area contributed by atoms with E-state index in [1.165, 1.54) is 11.8 Å². The number of fused-ring (bicyclic) bond motifs is 1. The van der Waals surface area contributed by atoms with Gasteiger partial charge in [0.1, 0.15) is 5.75 Å². The standard InChI is InChI=1S/C32H35N3O6S/c1-4-40-30(37)22-14-11-17-34(19-22)26(36)18-23-20-42-32-33-28(21-12-7-6-8-13-21)27(31(38)41-5-2)29(35(23)32)24-15-9-10-16-25(24)39-3/h6-10,12-13,15-16,20,22,29H,4-5,11,14,17-19H2,1-3H3/t22-,29-/m1/s1. The second-order valence-corrected chi connectivity index (χ2v) is 10.9. The number of piperidine rings is 1. The molecule has 0 N–H and O–H groups in total. The summed E-state index contributed by atoms with van der Waals surface area (Å²) in [4.78, 5) is 48.4. The minimum atomic E-state index is -0.648. The molecular formula is C32H35N3O6S. The Hall–Kier alpha value is -4.05. The smallest absolute Gasteiger partial charge is 0.338 e. The predicted octanol–water partition coefficient (Wildman–Crippen LogP) is 5.16. The lowest BCUT2D eigenvalue weighted by molar-refractivity contribution is -0.151. The van der Waals surface area contributed by atoms with Crippen molar-refractivity contribution in [3.05, 3.63) is 82.4 Å². The van der Waals surface area contributed by atoms with Crippen LogP contribution >= 0.6 is 11.8 Å². The Kier molecular flexibility index (Phi) is 9.31. The molecule has 1 saturated heterocycles. The highest BCUT2D eigenvalue weighted by atomic mass is 32.2. The molecule has 42 heavy (non-hydrogen) atoms. The summed E-state index contributed by atoms with van der Waals surface area (Å²) >= 11 is 1.41. The number of aliphatic imine (C=N–C) groups is 1. The first-order valence-electron chi connectivity index (χ1n) is 14.2. The van der Waals surface area contributed by atoms with Crippen molar-refractivity contribution in [1.82, 2.24) is 9.80 Å². The SMILES string of the molecule is CCOC(=O)C1=C(c2ccccc2)N=C2SC=C(CC(=O)N3CCC[C@@H](C(=O)OCC)C3)N2[C@@H]1c1ccccc1OC. The van der Waals surface area contributed by atoms with Crippen LogP contribution in [-0.4, -0.2) is 66.2 Å². The van der Waals surface area contributed by atoms with E-state index in [-0.39, 0.29) is 30.8 Å². The molecule has 3 aliphatic heterocycles. The summed E-state index contributed by atoms with van der Waals surface area (Å²) in [7, 11) is 1.60. The van der Waals surface area contributed by atoms with Crippen molar-refractivity contribution < 1.29 is 28.6 Å². The van der Waals surface area contributed by atoms with Crippen LogP contribution in [0.5, 0.6) is 5.75 Å². The molecule has 10 heteroatoms. The number of methoxy groups -OCH3 is 1. The fourth-order valence-electron chi connectivity index (χ4n) is 5.60. The Morgan fingerprint density at radius 1 is 1.00 bits per heavy atom. The van der Waals surface area contributed by atoms with Crippen molar-refractivity contribution in [3.63, 3.8) is 0 Å². The molecule has 3 aliphatic rings. The minimum absolute atomic E-state index is 0.0873. The maximum atomic E-state index is 13.7. The van der Waals surface area contributed by atoms with Gasteiger partial charge in [0, 0.05) is 29.9 Å². The van der Waals surface area contributed by atoms with Crippen LogP contribution in [0.15, 0.2) is 76.3 Å². The molecule has 1 fully saturated rings. The molecule has 1 amide bonds. The van der Waals surface area contributed by atoms with E-state index in [2.05, 4.69) is 0 Å². The number of para-hydroxylation sites is 1. The quantitative estimate of drug-likeness (QED) is 0.370. The summed E-state index contributed by atoms with van der Waals surface area (Å²) < 4.78 is 16.6. The maximum absolute atomic E-state index is 13.7. The zero-order valence-electron chi connectivity index (χ0n) is 24.1. The van der Waals surface area contributed by atoms with Crippen LogP contribution in [0.1, 0.15) is 50.3 Å². The Balaban J connectivity index is 1.53. The van der Waals surface area contributed by atoms with E-state index >= 15 is 0 Å². The molecule has 9 nitrogen and oxygen atoms in total. The van der Waals surface area contributed by atoms with Gasteiger partial charge in [-0.3, -0.25) is 9.59 Å². The number of amides is 1. The average molecular weight is 590 g/mol. The molecule has 0 aliphatic carbocycles. The molecule has 2 atom stereocenters. The van der Waals surface area contributed by atoms with Crippen LogP contribution in [0.3, 0.4) is 0 Å². The van der Waals surface area contributed by atoms with Gasteiger partial charge in [-0.25, -0.2) is 9.79 Å². The third-order valence-electron chi connectivity index (χ3n) is 7.51.